The molecule has 6 heteroatoms. The van der Waals surface area contributed by atoms with Crippen LogP contribution in [0, 0.1) is 0 Å². The van der Waals surface area contributed by atoms with Crippen LogP contribution in [0.3, 0.4) is 0 Å². The summed E-state index contributed by atoms with van der Waals surface area (Å²) >= 11 is 1.58. The third-order valence-corrected chi connectivity index (χ3v) is 5.93. The third-order valence-electron chi connectivity index (χ3n) is 4.66. The zero-order valence-electron chi connectivity index (χ0n) is 14.9. The number of aromatic nitrogens is 1. The van der Waals surface area contributed by atoms with E-state index in [0.717, 1.165) is 52.9 Å². The van der Waals surface area contributed by atoms with Gasteiger partial charge in [-0.3, -0.25) is 4.79 Å². The zero-order valence-corrected chi connectivity index (χ0v) is 15.7. The smallest absolute Gasteiger partial charge is 0.268 e. The molecule has 0 spiro atoms. The molecule has 5 nitrogen and oxygen atoms in total. The highest BCUT2D eigenvalue weighted by Gasteiger charge is 2.24. The normalized spacial score (nSPS) is 14.8. The van der Waals surface area contributed by atoms with Gasteiger partial charge in [0.15, 0.2) is 0 Å². The largest absolute Gasteiger partial charge is 0.457 e. The van der Waals surface area contributed by atoms with Crippen molar-refractivity contribution in [1.29, 1.82) is 0 Å². The van der Waals surface area contributed by atoms with Gasteiger partial charge in [0.2, 0.25) is 0 Å². The summed E-state index contributed by atoms with van der Waals surface area (Å²) in [6, 6.07) is 17.3. The van der Waals surface area contributed by atoms with Crippen molar-refractivity contribution in [3.05, 3.63) is 65.3 Å². The zero-order chi connectivity index (χ0) is 18.6. The summed E-state index contributed by atoms with van der Waals surface area (Å²) in [4.78, 5) is 17.3. The molecule has 0 unspecified atom stereocenters. The van der Waals surface area contributed by atoms with Crippen molar-refractivity contribution >= 4 is 17.2 Å². The fraction of sp³-hybridized carbons (Fsp3) is 0.238. The maximum atomic E-state index is 11.9. The van der Waals surface area contributed by atoms with Crippen LogP contribution in [0.5, 0.6) is 11.5 Å². The van der Waals surface area contributed by atoms with Crippen LogP contribution in [-0.4, -0.2) is 24.0 Å². The van der Waals surface area contributed by atoms with Crippen LogP contribution >= 0.6 is 11.3 Å². The molecular weight excluding hydrogens is 358 g/mol. The second-order valence-electron chi connectivity index (χ2n) is 6.56. The Kier molecular flexibility index (Phi) is 5.18. The lowest BCUT2D eigenvalue weighted by molar-refractivity contribution is 0.0996. The summed E-state index contributed by atoms with van der Waals surface area (Å²) in [6.07, 6.45) is 2.07. The molecule has 4 rings (SSSR count). The molecule has 2 heterocycles. The van der Waals surface area contributed by atoms with Gasteiger partial charge < -0.3 is 15.8 Å². The molecule has 2 aromatic carbocycles. The quantitative estimate of drug-likeness (QED) is 0.697. The van der Waals surface area contributed by atoms with E-state index in [1.54, 1.807) is 11.3 Å². The molecule has 1 aromatic heterocycles. The lowest BCUT2D eigenvalue weighted by Crippen LogP contribution is -2.26. The monoisotopic (exact) mass is 379 g/mol. The first-order chi connectivity index (χ1) is 13.2. The third kappa shape index (κ3) is 4.02. The van der Waals surface area contributed by atoms with Gasteiger partial charge in [0.1, 0.15) is 17.2 Å². The Balaban J connectivity index is 1.60. The standard InChI is InChI=1S/C21H21N3O2S/c22-20(25)18-19(27-21(24-18)15-10-12-23-13-11-15)14-6-8-17(9-7-14)26-16-4-2-1-3-5-16/h1-9,15,23H,10-13H2,(H2,22,25). The molecule has 0 radical (unpaired) electrons. The van der Waals surface area contributed by atoms with E-state index >= 15 is 0 Å². The van der Waals surface area contributed by atoms with Gasteiger partial charge in [-0.1, -0.05) is 18.2 Å². The van der Waals surface area contributed by atoms with Gasteiger partial charge in [0.05, 0.1) is 9.88 Å². The second-order valence-corrected chi connectivity index (χ2v) is 7.59. The topological polar surface area (TPSA) is 77.2 Å². The lowest BCUT2D eigenvalue weighted by Gasteiger charge is -2.20. The number of carbonyl (C=O) groups is 1. The minimum absolute atomic E-state index is 0.366. The van der Waals surface area contributed by atoms with Crippen LogP contribution in [0.15, 0.2) is 54.6 Å². The number of nitrogens with one attached hydrogen (secondary N) is 1. The molecule has 138 valence electrons. The number of hydrogen-bond acceptors (Lipinski definition) is 5. The number of ether oxygens (including phenoxy) is 1. The SMILES string of the molecule is NC(=O)c1nc(C2CCNCC2)sc1-c1ccc(Oc2ccccc2)cc1. The van der Waals surface area contributed by atoms with Gasteiger partial charge in [-0.25, -0.2) is 4.98 Å². The second kappa shape index (κ2) is 7.90. The van der Waals surface area contributed by atoms with Crippen LogP contribution in [-0.2, 0) is 0 Å². The first-order valence-corrected chi connectivity index (χ1v) is 9.87. The van der Waals surface area contributed by atoms with Gasteiger partial charge >= 0.3 is 0 Å². The first kappa shape index (κ1) is 17.7. The molecule has 0 aliphatic carbocycles. The average Bonchev–Trinajstić information content (AvgIpc) is 3.16. The van der Waals surface area contributed by atoms with Gasteiger partial charge in [-0.05, 0) is 67.9 Å². The van der Waals surface area contributed by atoms with Crippen molar-refractivity contribution < 1.29 is 9.53 Å². The van der Waals surface area contributed by atoms with Crippen LogP contribution in [0.25, 0.3) is 10.4 Å². The highest BCUT2D eigenvalue weighted by atomic mass is 32.1. The maximum absolute atomic E-state index is 11.9. The number of nitrogens with zero attached hydrogens (tertiary/aromatic N) is 1. The van der Waals surface area contributed by atoms with Crippen molar-refractivity contribution in [2.24, 2.45) is 5.73 Å². The van der Waals surface area contributed by atoms with E-state index < -0.39 is 5.91 Å². The van der Waals surface area contributed by atoms with E-state index in [1.807, 2.05) is 54.6 Å². The molecule has 0 bridgehead atoms. The number of primary amides is 1. The molecule has 1 fully saturated rings. The van der Waals surface area contributed by atoms with E-state index in [2.05, 4.69) is 10.3 Å². The van der Waals surface area contributed by atoms with Crippen LogP contribution in [0.4, 0.5) is 0 Å². The van der Waals surface area contributed by atoms with Crippen molar-refractivity contribution in [3.63, 3.8) is 0 Å². The van der Waals surface area contributed by atoms with Crippen LogP contribution < -0.4 is 15.8 Å². The molecule has 0 atom stereocenters. The summed E-state index contributed by atoms with van der Waals surface area (Å²) in [5.41, 5.74) is 6.89. The minimum atomic E-state index is -0.481. The Bertz CT molecular complexity index is 916. The fourth-order valence-electron chi connectivity index (χ4n) is 3.24. The van der Waals surface area contributed by atoms with Gasteiger partial charge in [-0.15, -0.1) is 11.3 Å². The molecule has 1 aliphatic heterocycles. The Hall–Kier alpha value is -2.70. The molecule has 1 aliphatic rings. The van der Waals surface area contributed by atoms with E-state index in [9.17, 15) is 4.79 Å². The number of piperidine rings is 1. The van der Waals surface area contributed by atoms with Gasteiger partial charge in [0, 0.05) is 5.92 Å². The number of rotatable bonds is 5. The number of amides is 1. The summed E-state index contributed by atoms with van der Waals surface area (Å²) in [5.74, 6) is 1.44. The summed E-state index contributed by atoms with van der Waals surface area (Å²) < 4.78 is 5.84. The van der Waals surface area contributed by atoms with Crippen LogP contribution in [0.2, 0.25) is 0 Å². The molecule has 3 aromatic rings. The molecular formula is C21H21N3O2S. The highest BCUT2D eigenvalue weighted by molar-refractivity contribution is 7.15. The number of para-hydroxylation sites is 1. The average molecular weight is 379 g/mol. The van der Waals surface area contributed by atoms with Crippen LogP contribution in [0.1, 0.15) is 34.3 Å². The Morgan fingerprint density at radius 2 is 1.70 bits per heavy atom. The van der Waals surface area contributed by atoms with E-state index in [4.69, 9.17) is 10.5 Å². The number of thiazole rings is 1. The van der Waals surface area contributed by atoms with E-state index in [-0.39, 0.29) is 0 Å². The number of carbonyl (C=O) groups excluding carboxylic acids is 1. The Labute approximate surface area is 162 Å². The van der Waals surface area contributed by atoms with Crippen molar-refractivity contribution in [3.8, 4) is 21.9 Å². The fourth-order valence-corrected chi connectivity index (χ4v) is 4.49. The summed E-state index contributed by atoms with van der Waals surface area (Å²) in [5, 5.41) is 4.36. The molecule has 0 saturated carbocycles. The predicted octanol–water partition coefficient (Wildman–Crippen LogP) is 4.17. The molecule has 1 amide bonds. The first-order valence-electron chi connectivity index (χ1n) is 9.05. The summed E-state index contributed by atoms with van der Waals surface area (Å²) in [6.45, 7) is 1.97. The molecule has 27 heavy (non-hydrogen) atoms. The predicted molar refractivity (Wildman–Crippen MR) is 107 cm³/mol. The number of nitrogens with two attached hydrogens (primary N) is 1. The van der Waals surface area contributed by atoms with Crippen molar-refractivity contribution in [1.82, 2.24) is 10.3 Å². The number of hydrogen-bond donors (Lipinski definition) is 2. The van der Waals surface area contributed by atoms with Crippen molar-refractivity contribution in [2.45, 2.75) is 18.8 Å². The maximum Gasteiger partial charge on any atom is 0.268 e. The lowest BCUT2D eigenvalue weighted by atomic mass is 9.99. The summed E-state index contributed by atoms with van der Waals surface area (Å²) in [7, 11) is 0. The van der Waals surface area contributed by atoms with E-state index in [0.29, 0.717) is 11.6 Å². The highest BCUT2D eigenvalue weighted by Crippen LogP contribution is 2.37. The number of benzene rings is 2. The Morgan fingerprint density at radius 1 is 1.04 bits per heavy atom. The van der Waals surface area contributed by atoms with Crippen molar-refractivity contribution in [2.75, 3.05) is 13.1 Å². The molecule has 1 saturated heterocycles. The Morgan fingerprint density at radius 3 is 2.37 bits per heavy atom. The minimum Gasteiger partial charge on any atom is -0.457 e. The van der Waals surface area contributed by atoms with Gasteiger partial charge in [0.25, 0.3) is 5.91 Å². The molecule has 3 N–H and O–H groups in total. The van der Waals surface area contributed by atoms with Gasteiger partial charge in [-0.2, -0.15) is 0 Å². The van der Waals surface area contributed by atoms with E-state index in [1.165, 1.54) is 0 Å².